The van der Waals surface area contributed by atoms with Crippen molar-refractivity contribution >= 4 is 18.0 Å². The largest absolute Gasteiger partial charge is 0.416 e. The monoisotopic (exact) mass is 498 g/mol. The number of carbonyl (C=O) groups is 1. The Morgan fingerprint density at radius 3 is 1.83 bits per heavy atom. The van der Waals surface area contributed by atoms with Crippen molar-refractivity contribution in [3.05, 3.63) is 82.5 Å². The summed E-state index contributed by atoms with van der Waals surface area (Å²) in [5.74, 6) is -0.715. The summed E-state index contributed by atoms with van der Waals surface area (Å²) < 4.78 is 75.9. The minimum atomic E-state index is -4.88. The first-order valence-electron chi connectivity index (χ1n) is 9.82. The minimum absolute atomic E-state index is 0.0619. The lowest BCUT2D eigenvalue weighted by molar-refractivity contribution is -0.143. The fourth-order valence-electron chi connectivity index (χ4n) is 2.54. The number of rotatable bonds is 5. The van der Waals surface area contributed by atoms with Crippen molar-refractivity contribution in [2.24, 2.45) is 15.7 Å². The molecule has 0 heterocycles. The molecule has 0 fully saturated rings. The molecule has 0 spiro atoms. The first kappa shape index (κ1) is 31.1. The SMILES string of the molecule is C=C\C(C#N)=C/C(=C\C)C(=C\C)/C(N)=O.CC=NC(=NC)c1cc(C(F)(F)F)cc(C(F)(F)F)c1. The number of carbonyl (C=O) groups excluding carboxylic acids is 1. The third-order valence-electron chi connectivity index (χ3n) is 4.15. The van der Waals surface area contributed by atoms with Gasteiger partial charge in [0.15, 0.2) is 5.84 Å². The summed E-state index contributed by atoms with van der Waals surface area (Å²) in [7, 11) is 1.23. The van der Waals surface area contributed by atoms with Crippen molar-refractivity contribution in [2.75, 3.05) is 7.05 Å². The van der Waals surface area contributed by atoms with Gasteiger partial charge in [-0.25, -0.2) is 4.99 Å². The van der Waals surface area contributed by atoms with E-state index in [0.29, 0.717) is 28.9 Å². The second-order valence-corrected chi connectivity index (χ2v) is 6.46. The third-order valence-corrected chi connectivity index (χ3v) is 4.15. The highest BCUT2D eigenvalue weighted by Crippen LogP contribution is 2.36. The highest BCUT2D eigenvalue weighted by atomic mass is 19.4. The molecule has 0 unspecified atom stereocenters. The molecule has 0 aliphatic carbocycles. The molecular weight excluding hydrogens is 474 g/mol. The maximum atomic E-state index is 12.6. The van der Waals surface area contributed by atoms with Crippen molar-refractivity contribution in [2.45, 2.75) is 33.1 Å². The van der Waals surface area contributed by atoms with Crippen LogP contribution in [0.4, 0.5) is 26.3 Å². The van der Waals surface area contributed by atoms with Gasteiger partial charge in [0.25, 0.3) is 0 Å². The quantitative estimate of drug-likeness (QED) is 0.131. The Kier molecular flexibility index (Phi) is 12.1. The molecule has 0 radical (unpaired) electrons. The van der Waals surface area contributed by atoms with E-state index in [0.717, 1.165) is 0 Å². The molecule has 1 amide bonds. The minimum Gasteiger partial charge on any atom is -0.366 e. The molecule has 0 aromatic heterocycles. The van der Waals surface area contributed by atoms with Gasteiger partial charge in [-0.1, -0.05) is 24.8 Å². The Balaban J connectivity index is 0.000000691. The smallest absolute Gasteiger partial charge is 0.366 e. The zero-order valence-electron chi connectivity index (χ0n) is 19.4. The molecule has 1 rings (SSSR count). The molecule has 188 valence electrons. The Morgan fingerprint density at radius 1 is 1.03 bits per heavy atom. The number of allylic oxidation sites excluding steroid dienone is 5. The Hall–Kier alpha value is -3.94. The molecule has 0 bridgehead atoms. The second kappa shape index (κ2) is 13.7. The zero-order chi connectivity index (χ0) is 27.4. The standard InChI is InChI=1S/C12H10F6N2.C12H14N2O/c1-3-20-10(19-2)7-4-8(11(13,14)15)6-9(5-7)12(16,17)18;1-4-9(8-13)7-10(5-2)11(6-3)12(14)15/h3-6H,1-2H3;4-7H,1H2,2-3H3,(H2,14,15)/b;9-7+,10-5+,11-6+. The first-order chi connectivity index (χ1) is 16.2. The number of halogens is 6. The number of hydrogen-bond donors (Lipinski definition) is 1. The van der Waals surface area contributed by atoms with Crippen LogP contribution in [0.2, 0.25) is 0 Å². The predicted molar refractivity (Wildman–Crippen MR) is 124 cm³/mol. The Morgan fingerprint density at radius 2 is 1.54 bits per heavy atom. The number of amidine groups is 1. The average molecular weight is 498 g/mol. The van der Waals surface area contributed by atoms with Crippen molar-refractivity contribution in [1.29, 1.82) is 5.26 Å². The molecular formula is C24H24F6N4O. The highest BCUT2D eigenvalue weighted by Gasteiger charge is 2.37. The Labute approximate surface area is 199 Å². The summed E-state index contributed by atoms with van der Waals surface area (Å²) in [6, 6.07) is 3.19. The summed E-state index contributed by atoms with van der Waals surface area (Å²) in [6.07, 6.45) is -2.19. The van der Waals surface area contributed by atoms with Crippen LogP contribution in [0.25, 0.3) is 0 Å². The topological polar surface area (TPSA) is 91.6 Å². The van der Waals surface area contributed by atoms with Crippen LogP contribution in [0.15, 0.2) is 75.8 Å². The van der Waals surface area contributed by atoms with E-state index in [4.69, 9.17) is 11.0 Å². The number of nitriles is 1. The van der Waals surface area contributed by atoms with Gasteiger partial charge in [0, 0.05) is 24.4 Å². The predicted octanol–water partition coefficient (Wildman–Crippen LogP) is 6.19. The van der Waals surface area contributed by atoms with Crippen LogP contribution in [0.5, 0.6) is 0 Å². The van der Waals surface area contributed by atoms with Gasteiger partial charge in [0.05, 0.1) is 22.8 Å². The van der Waals surface area contributed by atoms with E-state index in [1.165, 1.54) is 26.3 Å². The van der Waals surface area contributed by atoms with Gasteiger partial charge in [-0.3, -0.25) is 9.79 Å². The van der Waals surface area contributed by atoms with Crippen LogP contribution < -0.4 is 5.73 Å². The number of aliphatic imine (C=N–C) groups is 2. The van der Waals surface area contributed by atoms with E-state index < -0.39 is 29.4 Å². The van der Waals surface area contributed by atoms with E-state index in [1.54, 1.807) is 32.1 Å². The second-order valence-electron chi connectivity index (χ2n) is 6.46. The van der Waals surface area contributed by atoms with Crippen molar-refractivity contribution in [1.82, 2.24) is 0 Å². The summed E-state index contributed by atoms with van der Waals surface area (Å²) in [6.45, 7) is 8.47. The fraction of sp³-hybridized carbons (Fsp3) is 0.250. The molecule has 0 aliphatic heterocycles. The first-order valence-corrected chi connectivity index (χ1v) is 9.82. The van der Waals surface area contributed by atoms with E-state index in [-0.39, 0.29) is 17.5 Å². The van der Waals surface area contributed by atoms with Crippen molar-refractivity contribution in [3.63, 3.8) is 0 Å². The van der Waals surface area contributed by atoms with Crippen LogP contribution in [-0.2, 0) is 17.1 Å². The lowest BCUT2D eigenvalue weighted by Crippen LogP contribution is -2.14. The van der Waals surface area contributed by atoms with Crippen molar-refractivity contribution < 1.29 is 31.1 Å². The maximum absolute atomic E-state index is 12.6. The number of primary amides is 1. The summed E-state index contributed by atoms with van der Waals surface area (Å²) in [5.41, 5.74) is 3.48. The highest BCUT2D eigenvalue weighted by molar-refractivity contribution is 6.03. The third kappa shape index (κ3) is 9.83. The van der Waals surface area contributed by atoms with Gasteiger partial charge < -0.3 is 5.73 Å². The molecule has 0 atom stereocenters. The normalized spacial score (nSPS) is 13.7. The fourth-order valence-corrected chi connectivity index (χ4v) is 2.54. The molecule has 11 heteroatoms. The van der Waals surface area contributed by atoms with Gasteiger partial charge in [0.1, 0.15) is 0 Å². The molecule has 1 aromatic rings. The molecule has 5 nitrogen and oxygen atoms in total. The number of amides is 1. The zero-order valence-corrected chi connectivity index (χ0v) is 19.4. The molecule has 1 aromatic carbocycles. The number of hydrogen-bond acceptors (Lipinski definition) is 3. The van der Waals surface area contributed by atoms with Gasteiger partial charge in [-0.05, 0) is 50.6 Å². The average Bonchev–Trinajstić information content (AvgIpc) is 2.78. The van der Waals surface area contributed by atoms with Crippen molar-refractivity contribution in [3.8, 4) is 6.07 Å². The van der Waals surface area contributed by atoms with E-state index in [2.05, 4.69) is 16.6 Å². The van der Waals surface area contributed by atoms with Gasteiger partial charge >= 0.3 is 12.4 Å². The molecule has 0 saturated heterocycles. The summed E-state index contributed by atoms with van der Waals surface area (Å²) in [5, 5.41) is 8.71. The van der Waals surface area contributed by atoms with Crippen LogP contribution in [0.1, 0.15) is 37.5 Å². The van der Waals surface area contributed by atoms with E-state index >= 15 is 0 Å². The maximum Gasteiger partial charge on any atom is 0.416 e. The van der Waals surface area contributed by atoms with E-state index in [1.807, 2.05) is 6.07 Å². The molecule has 2 N–H and O–H groups in total. The van der Waals surface area contributed by atoms with Crippen LogP contribution >= 0.6 is 0 Å². The van der Waals surface area contributed by atoms with Crippen LogP contribution in [-0.4, -0.2) is 25.0 Å². The molecule has 35 heavy (non-hydrogen) atoms. The molecule has 0 aliphatic rings. The lowest BCUT2D eigenvalue weighted by atomic mass is 10.0. The number of alkyl halides is 6. The van der Waals surface area contributed by atoms with Crippen LogP contribution in [0.3, 0.4) is 0 Å². The van der Waals surface area contributed by atoms with Gasteiger partial charge in [0.2, 0.25) is 5.91 Å². The number of nitrogens with zero attached hydrogens (tertiary/aromatic N) is 3. The van der Waals surface area contributed by atoms with Crippen LogP contribution in [0, 0.1) is 11.3 Å². The van der Waals surface area contributed by atoms with E-state index in [9.17, 15) is 31.1 Å². The van der Waals surface area contributed by atoms with Gasteiger partial charge in [-0.15, -0.1) is 0 Å². The summed E-state index contributed by atoms with van der Waals surface area (Å²) in [4.78, 5) is 18.3. The number of benzene rings is 1. The summed E-state index contributed by atoms with van der Waals surface area (Å²) >= 11 is 0. The lowest BCUT2D eigenvalue weighted by Gasteiger charge is -2.13. The number of nitrogens with two attached hydrogens (primary N) is 1. The van der Waals surface area contributed by atoms with Gasteiger partial charge in [-0.2, -0.15) is 31.6 Å². The molecule has 0 saturated carbocycles. The Bertz CT molecular complexity index is 1080.